The van der Waals surface area contributed by atoms with Gasteiger partial charge in [0, 0.05) is 19.3 Å². The van der Waals surface area contributed by atoms with E-state index in [1.54, 1.807) is 0 Å². The van der Waals surface area contributed by atoms with Crippen LogP contribution in [0.15, 0.2) is 0 Å². The van der Waals surface area contributed by atoms with Gasteiger partial charge in [0.2, 0.25) is 6.54 Å². The SMILES string of the molecule is C.O=CC1CCC1.O=[N+]([O-])CC(O)C1CCC1.[B]. The van der Waals surface area contributed by atoms with Gasteiger partial charge in [0.05, 0.1) is 0 Å². The third-order valence-electron chi connectivity index (χ3n) is 3.37. The Hall–Kier alpha value is -0.905. The Morgan fingerprint density at radius 3 is 1.94 bits per heavy atom. The van der Waals surface area contributed by atoms with Gasteiger partial charge in [-0.3, -0.25) is 10.1 Å². The number of nitrogens with zero attached hydrogens (tertiary/aromatic N) is 1. The van der Waals surface area contributed by atoms with Gasteiger partial charge in [0.25, 0.3) is 0 Å². The zero-order chi connectivity index (χ0) is 12.0. The summed E-state index contributed by atoms with van der Waals surface area (Å²) in [6.45, 7) is -0.287. The van der Waals surface area contributed by atoms with Crippen molar-refractivity contribution < 1.29 is 14.8 Å². The molecule has 0 spiro atoms. The highest BCUT2D eigenvalue weighted by atomic mass is 16.6. The zero-order valence-corrected chi connectivity index (χ0v) is 9.96. The van der Waals surface area contributed by atoms with Crippen LogP contribution >= 0.6 is 0 Å². The van der Waals surface area contributed by atoms with Crippen LogP contribution in [0.5, 0.6) is 0 Å². The molecule has 1 unspecified atom stereocenters. The Bertz CT molecular complexity index is 242. The molecule has 0 saturated heterocycles. The first-order chi connectivity index (χ1) is 7.63. The molecular formula is C12H23BNO4. The van der Waals surface area contributed by atoms with E-state index in [2.05, 4.69) is 0 Å². The summed E-state index contributed by atoms with van der Waals surface area (Å²) in [7, 11) is 0. The molecule has 2 aliphatic carbocycles. The molecule has 1 N–H and O–H groups in total. The number of carbonyl (C=O) groups excluding carboxylic acids is 1. The number of aliphatic hydroxyl groups is 1. The lowest BCUT2D eigenvalue weighted by Gasteiger charge is -2.27. The van der Waals surface area contributed by atoms with Crippen molar-refractivity contribution in [3.05, 3.63) is 10.1 Å². The molecule has 0 bridgehead atoms. The van der Waals surface area contributed by atoms with Gasteiger partial charge in [-0.25, -0.2) is 0 Å². The fraction of sp³-hybridized carbons (Fsp3) is 0.917. The Morgan fingerprint density at radius 1 is 1.28 bits per heavy atom. The molecule has 2 saturated carbocycles. The maximum atomic E-state index is 9.90. The van der Waals surface area contributed by atoms with Crippen LogP contribution in [0.1, 0.15) is 46.0 Å². The number of aliphatic hydroxyl groups excluding tert-OH is 1. The van der Waals surface area contributed by atoms with E-state index in [0.717, 1.165) is 38.4 Å². The van der Waals surface area contributed by atoms with Crippen LogP contribution in [0.3, 0.4) is 0 Å². The van der Waals surface area contributed by atoms with E-state index in [-0.39, 0.29) is 28.3 Å². The fourth-order valence-electron chi connectivity index (χ4n) is 1.70. The lowest BCUT2D eigenvalue weighted by atomic mass is 9.81. The second-order valence-corrected chi connectivity index (χ2v) is 4.60. The highest BCUT2D eigenvalue weighted by Gasteiger charge is 2.28. The zero-order valence-electron chi connectivity index (χ0n) is 9.96. The number of carbonyl (C=O) groups is 1. The Kier molecular flexibility index (Phi) is 10.9. The molecule has 18 heavy (non-hydrogen) atoms. The van der Waals surface area contributed by atoms with Crippen molar-refractivity contribution in [1.82, 2.24) is 0 Å². The second kappa shape index (κ2) is 10.1. The average Bonchev–Trinajstić information content (AvgIpc) is 1.96. The standard InChI is InChI=1S/C6H11NO3.C5H8O.CH4.B/c8-6(4-7(9)10)5-2-1-3-5;6-4-5-2-1-3-5;;/h5-6,8H,1-4H2;4-5H,1-3H2;1H4;. The topological polar surface area (TPSA) is 80.4 Å². The summed E-state index contributed by atoms with van der Waals surface area (Å²) in [6, 6.07) is 0. The Balaban J connectivity index is 0. The Morgan fingerprint density at radius 2 is 1.78 bits per heavy atom. The van der Waals surface area contributed by atoms with Crippen molar-refractivity contribution in [2.24, 2.45) is 11.8 Å². The van der Waals surface area contributed by atoms with Gasteiger partial charge < -0.3 is 9.90 Å². The van der Waals surface area contributed by atoms with Crippen molar-refractivity contribution in [1.29, 1.82) is 0 Å². The number of rotatable bonds is 4. The van der Waals surface area contributed by atoms with Crippen molar-refractivity contribution in [2.75, 3.05) is 6.54 Å². The van der Waals surface area contributed by atoms with Gasteiger partial charge >= 0.3 is 0 Å². The monoisotopic (exact) mass is 256 g/mol. The molecule has 0 heterocycles. The summed E-state index contributed by atoms with van der Waals surface area (Å²) in [5.41, 5.74) is 0. The van der Waals surface area contributed by atoms with E-state index >= 15 is 0 Å². The average molecular weight is 256 g/mol. The first-order valence-electron chi connectivity index (χ1n) is 5.88. The van der Waals surface area contributed by atoms with Gasteiger partial charge in [-0.15, -0.1) is 0 Å². The van der Waals surface area contributed by atoms with Crippen LogP contribution in [-0.2, 0) is 4.79 Å². The molecule has 103 valence electrons. The number of hydrogen-bond acceptors (Lipinski definition) is 4. The number of aldehydes is 1. The highest BCUT2D eigenvalue weighted by Crippen LogP contribution is 2.29. The normalized spacial score (nSPS) is 19.6. The third kappa shape index (κ3) is 6.74. The number of hydrogen-bond donors (Lipinski definition) is 1. The molecule has 2 fully saturated rings. The van der Waals surface area contributed by atoms with Crippen molar-refractivity contribution >= 4 is 14.7 Å². The quantitative estimate of drug-likeness (QED) is 0.359. The minimum absolute atomic E-state index is 0. The smallest absolute Gasteiger partial charge is 0.229 e. The molecule has 6 heteroatoms. The van der Waals surface area contributed by atoms with Gasteiger partial charge in [0.1, 0.15) is 12.4 Å². The largest absolute Gasteiger partial charge is 0.386 e. The van der Waals surface area contributed by atoms with E-state index in [0.29, 0.717) is 5.92 Å². The van der Waals surface area contributed by atoms with Crippen LogP contribution in [0.2, 0.25) is 0 Å². The van der Waals surface area contributed by atoms with E-state index in [4.69, 9.17) is 5.11 Å². The molecule has 5 nitrogen and oxygen atoms in total. The van der Waals surface area contributed by atoms with Crippen LogP contribution in [0.4, 0.5) is 0 Å². The van der Waals surface area contributed by atoms with Crippen molar-refractivity contribution in [3.8, 4) is 0 Å². The van der Waals surface area contributed by atoms with Gasteiger partial charge in [-0.1, -0.05) is 20.3 Å². The molecule has 0 aromatic carbocycles. The molecule has 1 atom stereocenters. The minimum atomic E-state index is -0.705. The van der Waals surface area contributed by atoms with Crippen LogP contribution in [0.25, 0.3) is 0 Å². The molecule has 3 radical (unpaired) electrons. The van der Waals surface area contributed by atoms with Crippen molar-refractivity contribution in [2.45, 2.75) is 52.1 Å². The predicted octanol–water partition coefficient (Wildman–Crippen LogP) is 1.66. The maximum absolute atomic E-state index is 9.90. The summed E-state index contributed by atoms with van der Waals surface area (Å²) >= 11 is 0. The van der Waals surface area contributed by atoms with Crippen LogP contribution < -0.4 is 0 Å². The van der Waals surface area contributed by atoms with Crippen LogP contribution in [0, 0.1) is 22.0 Å². The number of nitro groups is 1. The summed E-state index contributed by atoms with van der Waals surface area (Å²) in [5.74, 6) is 0.635. The maximum Gasteiger partial charge on any atom is 0.229 e. The molecule has 0 aromatic heterocycles. The molecule has 2 aliphatic rings. The first-order valence-corrected chi connectivity index (χ1v) is 5.88. The molecule has 0 amide bonds. The minimum Gasteiger partial charge on any atom is -0.386 e. The molecule has 0 aliphatic heterocycles. The van der Waals surface area contributed by atoms with Gasteiger partial charge in [-0.2, -0.15) is 0 Å². The third-order valence-corrected chi connectivity index (χ3v) is 3.37. The molecular weight excluding hydrogens is 233 g/mol. The Labute approximate surface area is 111 Å². The summed E-state index contributed by atoms with van der Waals surface area (Å²) < 4.78 is 0. The molecule has 0 aromatic rings. The van der Waals surface area contributed by atoms with Gasteiger partial charge in [0.15, 0.2) is 0 Å². The van der Waals surface area contributed by atoms with E-state index in [9.17, 15) is 14.9 Å². The van der Waals surface area contributed by atoms with Crippen LogP contribution in [-0.4, -0.2) is 37.4 Å². The summed E-state index contributed by atoms with van der Waals surface area (Å²) in [5, 5.41) is 19.0. The van der Waals surface area contributed by atoms with E-state index in [1.807, 2.05) is 0 Å². The first kappa shape index (κ1) is 19.4. The summed E-state index contributed by atoms with van der Waals surface area (Å²) in [4.78, 5) is 19.2. The summed E-state index contributed by atoms with van der Waals surface area (Å²) in [6.07, 6.45) is 6.92. The highest BCUT2D eigenvalue weighted by molar-refractivity contribution is 5.75. The lowest BCUT2D eigenvalue weighted by Crippen LogP contribution is -2.32. The molecule has 2 rings (SSSR count). The fourth-order valence-corrected chi connectivity index (χ4v) is 1.70. The lowest BCUT2D eigenvalue weighted by molar-refractivity contribution is -0.493. The second-order valence-electron chi connectivity index (χ2n) is 4.60. The van der Waals surface area contributed by atoms with Gasteiger partial charge in [-0.05, 0) is 31.6 Å². The van der Waals surface area contributed by atoms with E-state index < -0.39 is 11.0 Å². The predicted molar refractivity (Wildman–Crippen MR) is 71.1 cm³/mol. The van der Waals surface area contributed by atoms with E-state index in [1.165, 1.54) is 6.42 Å². The van der Waals surface area contributed by atoms with Crippen molar-refractivity contribution in [3.63, 3.8) is 0 Å².